The monoisotopic (exact) mass is 435 g/mol. The van der Waals surface area contributed by atoms with Crippen molar-refractivity contribution in [3.63, 3.8) is 0 Å². The average Bonchev–Trinajstić information content (AvgIpc) is 2.96. The summed E-state index contributed by atoms with van der Waals surface area (Å²) in [6, 6.07) is 12.9. The molecule has 0 radical (unpaired) electrons. The highest BCUT2D eigenvalue weighted by Gasteiger charge is 2.24. The number of halogens is 1. The summed E-state index contributed by atoms with van der Waals surface area (Å²) in [7, 11) is 3.14. The minimum Gasteiger partial charge on any atom is -0.497 e. The molecule has 0 saturated heterocycles. The van der Waals surface area contributed by atoms with Gasteiger partial charge in [-0.1, -0.05) is 0 Å². The number of cyclic esters (lactones) is 1. The Morgan fingerprint density at radius 2 is 1.83 bits per heavy atom. The highest BCUT2D eigenvalue weighted by molar-refractivity contribution is 14.1. The second-order valence-corrected chi connectivity index (χ2v) is 6.20. The summed E-state index contributed by atoms with van der Waals surface area (Å²) in [5.41, 5.74) is 1.71. The largest absolute Gasteiger partial charge is 0.497 e. The van der Waals surface area contributed by atoms with Crippen molar-refractivity contribution in [2.75, 3.05) is 14.2 Å². The summed E-state index contributed by atoms with van der Waals surface area (Å²) in [6.45, 7) is 0. The quantitative estimate of drug-likeness (QED) is 0.418. The van der Waals surface area contributed by atoms with Crippen LogP contribution in [0.4, 0.5) is 0 Å². The Kier molecular flexibility index (Phi) is 4.84. The number of esters is 1. The van der Waals surface area contributed by atoms with Gasteiger partial charge >= 0.3 is 5.97 Å². The Morgan fingerprint density at radius 3 is 2.50 bits per heavy atom. The van der Waals surface area contributed by atoms with Crippen LogP contribution in [0.1, 0.15) is 11.1 Å². The van der Waals surface area contributed by atoms with E-state index >= 15 is 0 Å². The van der Waals surface area contributed by atoms with Crippen LogP contribution >= 0.6 is 22.6 Å². The fourth-order valence-corrected chi connectivity index (χ4v) is 2.57. The lowest BCUT2D eigenvalue weighted by molar-refractivity contribution is -0.129. The van der Waals surface area contributed by atoms with Crippen LogP contribution in [-0.2, 0) is 9.53 Å². The van der Waals surface area contributed by atoms with E-state index in [0.717, 1.165) is 14.7 Å². The van der Waals surface area contributed by atoms with Crippen LogP contribution in [-0.4, -0.2) is 26.1 Å². The molecular weight excluding hydrogens is 421 g/mol. The first-order valence-corrected chi connectivity index (χ1v) is 8.19. The molecule has 0 N–H and O–H groups in total. The summed E-state index contributed by atoms with van der Waals surface area (Å²) in [4.78, 5) is 16.4. The van der Waals surface area contributed by atoms with Gasteiger partial charge in [-0.3, -0.25) is 0 Å². The van der Waals surface area contributed by atoms with Crippen molar-refractivity contribution >= 4 is 40.5 Å². The van der Waals surface area contributed by atoms with Gasteiger partial charge in [-0.2, -0.15) is 0 Å². The summed E-state index contributed by atoms with van der Waals surface area (Å²) < 4.78 is 16.9. The van der Waals surface area contributed by atoms with E-state index in [1.165, 1.54) is 0 Å². The summed E-state index contributed by atoms with van der Waals surface area (Å²) in [5, 5.41) is 0. The van der Waals surface area contributed by atoms with Crippen molar-refractivity contribution in [2.45, 2.75) is 0 Å². The molecule has 6 heteroatoms. The molecule has 3 rings (SSSR count). The van der Waals surface area contributed by atoms with Gasteiger partial charge in [-0.05, 0) is 65.1 Å². The van der Waals surface area contributed by atoms with Crippen LogP contribution in [0.5, 0.6) is 11.5 Å². The van der Waals surface area contributed by atoms with Gasteiger partial charge in [-0.15, -0.1) is 0 Å². The predicted molar refractivity (Wildman–Crippen MR) is 99.3 cm³/mol. The third kappa shape index (κ3) is 3.43. The zero-order valence-corrected chi connectivity index (χ0v) is 15.2. The van der Waals surface area contributed by atoms with Gasteiger partial charge in [0.2, 0.25) is 5.90 Å². The second kappa shape index (κ2) is 7.04. The fourth-order valence-electron chi connectivity index (χ4n) is 2.21. The van der Waals surface area contributed by atoms with Crippen LogP contribution in [0.3, 0.4) is 0 Å². The number of nitrogens with zero attached hydrogens (tertiary/aromatic N) is 1. The number of rotatable bonds is 4. The van der Waals surface area contributed by atoms with Crippen LogP contribution < -0.4 is 9.47 Å². The van der Waals surface area contributed by atoms with Crippen molar-refractivity contribution in [3.8, 4) is 11.5 Å². The zero-order valence-electron chi connectivity index (χ0n) is 13.1. The van der Waals surface area contributed by atoms with Crippen molar-refractivity contribution < 1.29 is 19.0 Å². The highest BCUT2D eigenvalue weighted by atomic mass is 127. The van der Waals surface area contributed by atoms with E-state index in [2.05, 4.69) is 27.6 Å². The van der Waals surface area contributed by atoms with E-state index in [-0.39, 0.29) is 5.70 Å². The molecule has 1 aliphatic rings. The van der Waals surface area contributed by atoms with Crippen LogP contribution in [0.25, 0.3) is 6.08 Å². The third-order valence-electron chi connectivity index (χ3n) is 3.44. The average molecular weight is 435 g/mol. The Balaban J connectivity index is 1.95. The lowest BCUT2D eigenvalue weighted by Gasteiger charge is -2.07. The van der Waals surface area contributed by atoms with Gasteiger partial charge in [0.15, 0.2) is 5.70 Å². The van der Waals surface area contributed by atoms with Crippen LogP contribution in [0.2, 0.25) is 0 Å². The predicted octanol–water partition coefficient (Wildman–Crippen LogP) is 3.65. The van der Waals surface area contributed by atoms with Gasteiger partial charge in [0, 0.05) is 20.8 Å². The number of carbonyl (C=O) groups excluding carboxylic acids is 1. The lowest BCUT2D eigenvalue weighted by atomic mass is 10.1. The maximum Gasteiger partial charge on any atom is 0.363 e. The van der Waals surface area contributed by atoms with Crippen molar-refractivity contribution in [1.29, 1.82) is 0 Å². The number of hydrogen-bond acceptors (Lipinski definition) is 5. The molecule has 5 nitrogen and oxygen atoms in total. The Labute approximate surface area is 153 Å². The third-order valence-corrected chi connectivity index (χ3v) is 4.16. The number of benzene rings is 2. The van der Waals surface area contributed by atoms with E-state index in [9.17, 15) is 4.79 Å². The number of carbonyl (C=O) groups is 1. The van der Waals surface area contributed by atoms with Gasteiger partial charge in [0.05, 0.1) is 14.2 Å². The fraction of sp³-hybridized carbons (Fsp3) is 0.111. The Bertz CT molecular complexity index is 841. The summed E-state index contributed by atoms with van der Waals surface area (Å²) >= 11 is 2.21. The van der Waals surface area contributed by atoms with Crippen LogP contribution in [0, 0.1) is 3.57 Å². The van der Waals surface area contributed by atoms with E-state index in [1.54, 1.807) is 38.5 Å². The van der Waals surface area contributed by atoms with Crippen molar-refractivity contribution in [2.24, 2.45) is 4.99 Å². The maximum atomic E-state index is 12.1. The van der Waals surface area contributed by atoms with Crippen molar-refractivity contribution in [3.05, 3.63) is 62.9 Å². The van der Waals surface area contributed by atoms with Crippen LogP contribution in [0.15, 0.2) is 53.2 Å². The standard InChI is InChI=1S/C18H14INO4/c1-22-14-8-5-12(16(10-14)23-2)9-15-18(21)24-17(20-15)11-3-6-13(19)7-4-11/h3-10H,1-2H3. The first-order valence-electron chi connectivity index (χ1n) is 7.11. The zero-order chi connectivity index (χ0) is 17.1. The van der Waals surface area contributed by atoms with Gasteiger partial charge < -0.3 is 14.2 Å². The van der Waals surface area contributed by atoms with E-state index in [4.69, 9.17) is 14.2 Å². The molecule has 0 bridgehead atoms. The Morgan fingerprint density at radius 1 is 1.08 bits per heavy atom. The number of ether oxygens (including phenoxy) is 3. The van der Waals surface area contributed by atoms with E-state index < -0.39 is 5.97 Å². The van der Waals surface area contributed by atoms with Gasteiger partial charge in [0.1, 0.15) is 11.5 Å². The van der Waals surface area contributed by atoms with E-state index in [1.807, 2.05) is 24.3 Å². The van der Waals surface area contributed by atoms with E-state index in [0.29, 0.717) is 17.4 Å². The molecule has 0 fully saturated rings. The minimum atomic E-state index is -0.485. The molecule has 2 aromatic rings. The molecule has 0 aromatic heterocycles. The molecular formula is C18H14INO4. The highest BCUT2D eigenvalue weighted by Crippen LogP contribution is 2.28. The Hall–Kier alpha value is -2.35. The van der Waals surface area contributed by atoms with Crippen molar-refractivity contribution in [1.82, 2.24) is 0 Å². The SMILES string of the molecule is COc1ccc(C=C2N=C(c3ccc(I)cc3)OC2=O)c(OC)c1. The molecule has 0 unspecified atom stereocenters. The molecule has 0 amide bonds. The first-order chi connectivity index (χ1) is 11.6. The normalized spacial score (nSPS) is 15.2. The number of hydrogen-bond donors (Lipinski definition) is 0. The summed E-state index contributed by atoms with van der Waals surface area (Å²) in [6.07, 6.45) is 1.64. The molecule has 1 heterocycles. The first kappa shape index (κ1) is 16.5. The smallest absolute Gasteiger partial charge is 0.363 e. The molecule has 0 aliphatic carbocycles. The molecule has 1 aliphatic heterocycles. The minimum absolute atomic E-state index is 0.229. The number of methoxy groups -OCH3 is 2. The topological polar surface area (TPSA) is 57.1 Å². The molecule has 0 atom stereocenters. The maximum absolute atomic E-state index is 12.1. The molecule has 0 saturated carbocycles. The molecule has 24 heavy (non-hydrogen) atoms. The van der Waals surface area contributed by atoms with Gasteiger partial charge in [0.25, 0.3) is 0 Å². The molecule has 2 aromatic carbocycles. The molecule has 122 valence electrons. The number of aliphatic imine (C=N–C) groups is 1. The molecule has 0 spiro atoms. The summed E-state index contributed by atoms with van der Waals surface area (Å²) in [5.74, 6) is 1.08. The second-order valence-electron chi connectivity index (χ2n) is 4.95. The van der Waals surface area contributed by atoms with Gasteiger partial charge in [-0.25, -0.2) is 9.79 Å². The lowest BCUT2D eigenvalue weighted by Crippen LogP contribution is -2.05.